The maximum absolute atomic E-state index is 12.6. The van der Waals surface area contributed by atoms with Crippen molar-refractivity contribution in [2.45, 2.75) is 58.2 Å². The Hall–Kier alpha value is -2.22. The molecule has 0 spiro atoms. The van der Waals surface area contributed by atoms with Gasteiger partial charge in [-0.2, -0.15) is 0 Å². The minimum absolute atomic E-state index is 0.0340. The Morgan fingerprint density at radius 3 is 2.46 bits per heavy atom. The average molecular weight is 392 g/mol. The van der Waals surface area contributed by atoms with Crippen molar-refractivity contribution in [3.63, 3.8) is 0 Å². The van der Waals surface area contributed by atoms with Crippen molar-refractivity contribution < 1.29 is 14.3 Å². The van der Waals surface area contributed by atoms with E-state index >= 15 is 0 Å². The predicted molar refractivity (Wildman–Crippen MR) is 108 cm³/mol. The Morgan fingerprint density at radius 1 is 1.32 bits per heavy atom. The Labute approximate surface area is 167 Å². The lowest BCUT2D eigenvalue weighted by Crippen LogP contribution is -2.44. The molecule has 2 amide bonds. The minimum atomic E-state index is -0.910. The number of hydrogen-bond acceptors (Lipinski definition) is 6. The van der Waals surface area contributed by atoms with Crippen molar-refractivity contribution in [2.24, 2.45) is 0 Å². The number of rotatable bonds is 7. The van der Waals surface area contributed by atoms with Gasteiger partial charge in [0, 0.05) is 59.2 Å². The zero-order chi connectivity index (χ0) is 21.2. The summed E-state index contributed by atoms with van der Waals surface area (Å²) in [5.41, 5.74) is -0.0659. The summed E-state index contributed by atoms with van der Waals surface area (Å²) in [6.07, 6.45) is 0.451. The molecule has 0 unspecified atom stereocenters. The molecule has 0 bridgehead atoms. The van der Waals surface area contributed by atoms with Crippen molar-refractivity contribution in [3.05, 3.63) is 17.6 Å². The van der Waals surface area contributed by atoms with Crippen LogP contribution in [0, 0.1) is 0 Å². The van der Waals surface area contributed by atoms with Crippen molar-refractivity contribution in [1.29, 1.82) is 0 Å². The number of aromatic nitrogens is 2. The van der Waals surface area contributed by atoms with E-state index in [2.05, 4.69) is 4.98 Å². The van der Waals surface area contributed by atoms with Gasteiger partial charge in [-0.3, -0.25) is 9.59 Å². The highest BCUT2D eigenvalue weighted by Crippen LogP contribution is 2.30. The third-order valence-electron chi connectivity index (χ3n) is 5.19. The molecule has 1 atom stereocenters. The number of carbonyl (C=O) groups excluding carboxylic acids is 2. The maximum atomic E-state index is 12.6. The van der Waals surface area contributed by atoms with E-state index in [0.29, 0.717) is 18.8 Å². The molecule has 0 saturated carbocycles. The van der Waals surface area contributed by atoms with Gasteiger partial charge in [-0.25, -0.2) is 9.97 Å². The maximum Gasteiger partial charge on any atom is 0.254 e. The van der Waals surface area contributed by atoms with Gasteiger partial charge in [-0.05, 0) is 27.7 Å². The average Bonchev–Trinajstić information content (AvgIpc) is 3.02. The van der Waals surface area contributed by atoms with E-state index in [-0.39, 0.29) is 30.3 Å². The van der Waals surface area contributed by atoms with Gasteiger partial charge in [-0.15, -0.1) is 0 Å². The van der Waals surface area contributed by atoms with Crippen LogP contribution >= 0.6 is 0 Å². The lowest BCUT2D eigenvalue weighted by molar-refractivity contribution is -0.150. The molecule has 0 radical (unpaired) electrons. The molecule has 1 aliphatic rings. The zero-order valence-corrected chi connectivity index (χ0v) is 18.3. The number of likely N-dealkylation sites (N-methyl/N-ethyl adjacent to an activating group) is 1. The van der Waals surface area contributed by atoms with Crippen LogP contribution in [0.4, 0.5) is 5.82 Å². The van der Waals surface area contributed by atoms with Crippen LogP contribution in [-0.4, -0.2) is 78.0 Å². The van der Waals surface area contributed by atoms with Gasteiger partial charge >= 0.3 is 0 Å². The van der Waals surface area contributed by atoms with E-state index < -0.39 is 5.60 Å². The van der Waals surface area contributed by atoms with Crippen molar-refractivity contribution in [3.8, 4) is 0 Å². The smallest absolute Gasteiger partial charge is 0.254 e. The Balaban J connectivity index is 2.29. The summed E-state index contributed by atoms with van der Waals surface area (Å²) < 4.78 is 5.29. The lowest BCUT2D eigenvalue weighted by atomic mass is 10.0. The van der Waals surface area contributed by atoms with Gasteiger partial charge in [0.2, 0.25) is 5.91 Å². The number of amides is 2. The highest BCUT2D eigenvalue weighted by molar-refractivity contribution is 5.84. The molecule has 0 N–H and O–H groups in total. The third-order valence-corrected chi connectivity index (χ3v) is 5.19. The first-order valence-corrected chi connectivity index (χ1v) is 9.61. The van der Waals surface area contributed by atoms with Gasteiger partial charge in [0.05, 0.1) is 12.2 Å². The standard InChI is InChI=1S/C20H33N5O3/c1-13(2)25-11-14(9-18(25)26)15-10-17(23(5)6)22-16(21-15)12-24(7)19(27)20(3,4)28-8/h10,13-14H,9,11-12H2,1-8H3/t14-/m0/s1. The molecule has 2 heterocycles. The Morgan fingerprint density at radius 2 is 1.96 bits per heavy atom. The second-order valence-electron chi connectivity index (χ2n) is 8.38. The van der Waals surface area contributed by atoms with E-state index in [1.54, 1.807) is 25.8 Å². The fourth-order valence-electron chi connectivity index (χ4n) is 3.27. The van der Waals surface area contributed by atoms with Crippen LogP contribution in [0.2, 0.25) is 0 Å². The number of nitrogens with zero attached hydrogens (tertiary/aromatic N) is 5. The molecule has 156 valence electrons. The monoisotopic (exact) mass is 391 g/mol. The number of hydrogen-bond donors (Lipinski definition) is 0. The van der Waals surface area contributed by atoms with Gasteiger partial charge in [0.25, 0.3) is 5.91 Å². The molecule has 1 aliphatic heterocycles. The SMILES string of the molecule is COC(C)(C)C(=O)N(C)Cc1nc([C@H]2CC(=O)N(C(C)C)C2)cc(N(C)C)n1. The van der Waals surface area contributed by atoms with E-state index in [0.717, 1.165) is 11.5 Å². The number of methoxy groups -OCH3 is 1. The van der Waals surface area contributed by atoms with Gasteiger partial charge < -0.3 is 19.4 Å². The molecule has 2 rings (SSSR count). The van der Waals surface area contributed by atoms with Crippen molar-refractivity contribution >= 4 is 17.6 Å². The quantitative estimate of drug-likeness (QED) is 0.703. The van der Waals surface area contributed by atoms with Crippen LogP contribution in [-0.2, 0) is 20.9 Å². The zero-order valence-electron chi connectivity index (χ0n) is 18.3. The van der Waals surface area contributed by atoms with Gasteiger partial charge in [-0.1, -0.05) is 0 Å². The summed E-state index contributed by atoms with van der Waals surface area (Å²) in [4.78, 5) is 39.6. The summed E-state index contributed by atoms with van der Waals surface area (Å²) in [6.45, 7) is 8.45. The normalized spacial score (nSPS) is 17.4. The number of likely N-dealkylation sites (tertiary alicyclic amines) is 1. The van der Waals surface area contributed by atoms with Gasteiger partial charge in [0.15, 0.2) is 0 Å². The van der Waals surface area contributed by atoms with Crippen LogP contribution < -0.4 is 4.90 Å². The van der Waals surface area contributed by atoms with E-state index in [1.807, 2.05) is 43.8 Å². The first kappa shape index (κ1) is 22.1. The van der Waals surface area contributed by atoms with E-state index in [1.165, 1.54) is 7.11 Å². The molecule has 0 aromatic carbocycles. The molecule has 8 nitrogen and oxygen atoms in total. The summed E-state index contributed by atoms with van der Waals surface area (Å²) >= 11 is 0. The lowest BCUT2D eigenvalue weighted by Gasteiger charge is -2.28. The van der Waals surface area contributed by atoms with Crippen LogP contribution in [0.1, 0.15) is 51.6 Å². The van der Waals surface area contributed by atoms with E-state index in [9.17, 15) is 9.59 Å². The van der Waals surface area contributed by atoms with Crippen molar-refractivity contribution in [2.75, 3.05) is 39.7 Å². The Bertz CT molecular complexity index is 733. The second kappa shape index (κ2) is 8.43. The topological polar surface area (TPSA) is 78.9 Å². The first-order chi connectivity index (χ1) is 13.0. The molecule has 0 aliphatic carbocycles. The Kier molecular flexibility index (Phi) is 6.64. The molecule has 1 fully saturated rings. The number of anilines is 1. The molecular formula is C20H33N5O3. The summed E-state index contributed by atoms with van der Waals surface area (Å²) in [6, 6.07) is 2.11. The molecule has 28 heavy (non-hydrogen) atoms. The third kappa shape index (κ3) is 4.79. The second-order valence-corrected chi connectivity index (χ2v) is 8.38. The predicted octanol–water partition coefficient (Wildman–Crippen LogP) is 1.65. The summed E-state index contributed by atoms with van der Waals surface area (Å²) in [7, 11) is 7.07. The minimum Gasteiger partial charge on any atom is -0.369 e. The largest absolute Gasteiger partial charge is 0.369 e. The first-order valence-electron chi connectivity index (χ1n) is 9.61. The molecule has 1 aromatic rings. The fraction of sp³-hybridized carbons (Fsp3) is 0.700. The van der Waals surface area contributed by atoms with Crippen LogP contribution in [0.15, 0.2) is 6.07 Å². The summed E-state index contributed by atoms with van der Waals surface area (Å²) in [5.74, 6) is 1.37. The number of ether oxygens (including phenoxy) is 1. The highest BCUT2D eigenvalue weighted by Gasteiger charge is 2.34. The molecular weight excluding hydrogens is 358 g/mol. The molecule has 1 aromatic heterocycles. The van der Waals surface area contributed by atoms with Crippen LogP contribution in [0.25, 0.3) is 0 Å². The molecule has 1 saturated heterocycles. The summed E-state index contributed by atoms with van der Waals surface area (Å²) in [5, 5.41) is 0. The fourth-order valence-corrected chi connectivity index (χ4v) is 3.27. The van der Waals surface area contributed by atoms with Gasteiger partial charge in [0.1, 0.15) is 17.2 Å². The highest BCUT2D eigenvalue weighted by atomic mass is 16.5. The van der Waals surface area contributed by atoms with Crippen LogP contribution in [0.3, 0.4) is 0 Å². The van der Waals surface area contributed by atoms with E-state index in [4.69, 9.17) is 9.72 Å². The van der Waals surface area contributed by atoms with Crippen LogP contribution in [0.5, 0.6) is 0 Å². The van der Waals surface area contributed by atoms with Crippen molar-refractivity contribution in [1.82, 2.24) is 19.8 Å². The number of carbonyl (C=O) groups is 2. The molecule has 8 heteroatoms.